The van der Waals surface area contributed by atoms with Gasteiger partial charge in [-0.25, -0.2) is 13.6 Å². The number of hydrogen-bond acceptors (Lipinski definition) is 5. The number of nitrogens with one attached hydrogen (secondary N) is 1. The van der Waals surface area contributed by atoms with Crippen LogP contribution in [0.15, 0.2) is 58.7 Å². The number of nitriles is 1. The van der Waals surface area contributed by atoms with Gasteiger partial charge in [0.1, 0.15) is 22.7 Å². The first-order valence-electron chi connectivity index (χ1n) is 10.9. The molecule has 1 aliphatic carbocycles. The summed E-state index contributed by atoms with van der Waals surface area (Å²) in [7, 11) is 0. The van der Waals surface area contributed by atoms with E-state index in [2.05, 4.69) is 5.32 Å². The normalized spacial score (nSPS) is 13.9. The van der Waals surface area contributed by atoms with Crippen molar-refractivity contribution in [2.45, 2.75) is 25.8 Å². The van der Waals surface area contributed by atoms with Gasteiger partial charge in [-0.1, -0.05) is 24.3 Å². The zero-order chi connectivity index (χ0) is 24.7. The van der Waals surface area contributed by atoms with Crippen molar-refractivity contribution in [1.82, 2.24) is 9.88 Å². The molecule has 1 fully saturated rings. The fraction of sp³-hybridized carbons (Fsp3) is 0.192. The van der Waals surface area contributed by atoms with Crippen LogP contribution < -0.4 is 15.6 Å². The molecule has 6 nitrogen and oxygen atoms in total. The second-order valence-corrected chi connectivity index (χ2v) is 9.27. The molecule has 1 atom stereocenters. The van der Waals surface area contributed by atoms with E-state index < -0.39 is 29.3 Å². The fourth-order valence-electron chi connectivity index (χ4n) is 4.28. The number of amides is 1. The van der Waals surface area contributed by atoms with E-state index in [4.69, 9.17) is 4.74 Å². The Morgan fingerprint density at radius 1 is 1.23 bits per heavy atom. The molecule has 0 aliphatic heterocycles. The highest BCUT2D eigenvalue weighted by Gasteiger charge is 2.34. The third kappa shape index (κ3) is 4.17. The molecule has 35 heavy (non-hydrogen) atoms. The topological polar surface area (TPSA) is 84.1 Å². The van der Waals surface area contributed by atoms with E-state index in [9.17, 15) is 23.6 Å². The molecular formula is C26H19F2N3O3S. The van der Waals surface area contributed by atoms with Crippen LogP contribution in [0.5, 0.6) is 5.75 Å². The van der Waals surface area contributed by atoms with Crippen molar-refractivity contribution in [3.63, 3.8) is 0 Å². The molecule has 4 aromatic rings. The van der Waals surface area contributed by atoms with E-state index in [1.165, 1.54) is 28.8 Å². The highest BCUT2D eigenvalue weighted by molar-refractivity contribution is 7.12. The molecule has 1 aliphatic rings. The molecule has 9 heteroatoms. The number of carbonyl (C=O) groups is 1. The highest BCUT2D eigenvalue weighted by Crippen LogP contribution is 2.41. The van der Waals surface area contributed by atoms with Crippen molar-refractivity contribution in [1.29, 1.82) is 5.26 Å². The number of aromatic nitrogens is 1. The summed E-state index contributed by atoms with van der Waals surface area (Å²) in [6, 6.07) is 13.2. The Hall–Kier alpha value is -4.03. The third-order valence-electron chi connectivity index (χ3n) is 6.08. The van der Waals surface area contributed by atoms with Crippen molar-refractivity contribution in [3.05, 3.63) is 92.7 Å². The van der Waals surface area contributed by atoms with Crippen molar-refractivity contribution < 1.29 is 18.3 Å². The van der Waals surface area contributed by atoms with Crippen LogP contribution >= 0.6 is 11.3 Å². The summed E-state index contributed by atoms with van der Waals surface area (Å²) < 4.78 is 35.5. The van der Waals surface area contributed by atoms with Gasteiger partial charge in [-0.2, -0.15) is 5.26 Å². The number of nitrogens with zero attached hydrogens (tertiary/aromatic N) is 2. The summed E-state index contributed by atoms with van der Waals surface area (Å²) in [6.07, 6.45) is 0.959. The number of pyridine rings is 1. The Bertz CT molecular complexity index is 1570. The predicted molar refractivity (Wildman–Crippen MR) is 128 cm³/mol. The van der Waals surface area contributed by atoms with Gasteiger partial charge in [0.2, 0.25) is 0 Å². The summed E-state index contributed by atoms with van der Waals surface area (Å²) in [5, 5.41) is 14.1. The Labute approximate surface area is 203 Å². The van der Waals surface area contributed by atoms with Gasteiger partial charge in [0, 0.05) is 5.39 Å². The van der Waals surface area contributed by atoms with Gasteiger partial charge in [-0.05, 0) is 60.9 Å². The number of rotatable bonds is 5. The molecule has 2 aromatic heterocycles. The summed E-state index contributed by atoms with van der Waals surface area (Å²) in [5.41, 5.74) is 0.458. The monoisotopic (exact) mass is 491 g/mol. The second kappa shape index (κ2) is 8.96. The lowest BCUT2D eigenvalue weighted by atomic mass is 10.0. The zero-order valence-electron chi connectivity index (χ0n) is 18.5. The summed E-state index contributed by atoms with van der Waals surface area (Å²) in [6.45, 7) is 1.57. The van der Waals surface area contributed by atoms with Crippen LogP contribution in [-0.2, 0) is 0 Å². The number of carbonyl (C=O) groups excluding carboxylic acids is 1. The molecule has 1 amide bonds. The van der Waals surface area contributed by atoms with Gasteiger partial charge in [0.15, 0.2) is 5.75 Å². The molecule has 0 bridgehead atoms. The number of ether oxygens (including phenoxy) is 1. The van der Waals surface area contributed by atoms with Crippen molar-refractivity contribution >= 4 is 28.2 Å². The average molecular weight is 492 g/mol. The lowest BCUT2D eigenvalue weighted by Crippen LogP contribution is -2.33. The Morgan fingerprint density at radius 3 is 2.71 bits per heavy atom. The van der Waals surface area contributed by atoms with Crippen LogP contribution in [-0.4, -0.2) is 10.7 Å². The SMILES string of the molecule is Cc1c(OC(=O)N[C@H](c2cccc(F)c2)C2CC2)c2cccc(F)c2c(=O)n1-c1sccc1C#N. The number of halogens is 2. The maximum absolute atomic E-state index is 14.8. The third-order valence-corrected chi connectivity index (χ3v) is 6.97. The molecule has 0 spiro atoms. The van der Waals surface area contributed by atoms with E-state index in [1.54, 1.807) is 30.5 Å². The van der Waals surface area contributed by atoms with Gasteiger partial charge < -0.3 is 10.1 Å². The molecular weight excluding hydrogens is 472 g/mol. The molecule has 176 valence electrons. The molecule has 5 rings (SSSR count). The quantitative estimate of drug-likeness (QED) is 0.385. The molecule has 2 aromatic carbocycles. The van der Waals surface area contributed by atoms with Gasteiger partial charge in [-0.3, -0.25) is 9.36 Å². The number of thiophene rings is 1. The lowest BCUT2D eigenvalue weighted by molar-refractivity contribution is 0.194. The molecule has 1 saturated carbocycles. The minimum absolute atomic E-state index is 0.00248. The molecule has 0 unspecified atom stereocenters. The maximum atomic E-state index is 14.8. The number of hydrogen-bond donors (Lipinski definition) is 1. The molecule has 0 radical (unpaired) electrons. The van der Waals surface area contributed by atoms with Crippen LogP contribution in [0.4, 0.5) is 13.6 Å². The van der Waals surface area contributed by atoms with Crippen LogP contribution in [0, 0.1) is 35.8 Å². The van der Waals surface area contributed by atoms with Crippen molar-refractivity contribution in [2.75, 3.05) is 0 Å². The Morgan fingerprint density at radius 2 is 2.00 bits per heavy atom. The maximum Gasteiger partial charge on any atom is 0.413 e. The fourth-order valence-corrected chi connectivity index (χ4v) is 5.18. The minimum Gasteiger partial charge on any atom is -0.408 e. The van der Waals surface area contributed by atoms with Crippen molar-refractivity contribution in [3.8, 4) is 16.8 Å². The average Bonchev–Trinajstić information content (AvgIpc) is 3.57. The second-order valence-electron chi connectivity index (χ2n) is 8.37. The summed E-state index contributed by atoms with van der Waals surface area (Å²) >= 11 is 1.15. The van der Waals surface area contributed by atoms with Gasteiger partial charge in [-0.15, -0.1) is 11.3 Å². The zero-order valence-corrected chi connectivity index (χ0v) is 19.4. The van der Waals surface area contributed by atoms with Gasteiger partial charge >= 0.3 is 6.09 Å². The number of benzene rings is 2. The Kier molecular flexibility index (Phi) is 5.83. The number of fused-ring (bicyclic) bond motifs is 1. The minimum atomic E-state index is -0.809. The van der Waals surface area contributed by atoms with Crippen LogP contribution in [0.2, 0.25) is 0 Å². The first-order valence-corrected chi connectivity index (χ1v) is 11.8. The van der Waals surface area contributed by atoms with Gasteiger partial charge in [0.25, 0.3) is 5.56 Å². The smallest absolute Gasteiger partial charge is 0.408 e. The summed E-state index contributed by atoms with van der Waals surface area (Å²) in [4.78, 5) is 26.3. The van der Waals surface area contributed by atoms with E-state index in [0.717, 1.165) is 30.2 Å². The van der Waals surface area contributed by atoms with E-state index in [0.29, 0.717) is 10.6 Å². The van der Waals surface area contributed by atoms with Crippen molar-refractivity contribution in [2.24, 2.45) is 5.92 Å². The standard InChI is InChI=1S/C26H19F2N3O3S/c1-14-23(34-26(33)30-22(15-8-9-15)16-4-2-5-18(27)12-16)19-6-3-7-20(28)21(19)24(32)31(14)25-17(13-29)10-11-35-25/h2-7,10-12,15,22H,8-9H2,1H3,(H,30,33)/t22-/m0/s1. The van der Waals surface area contributed by atoms with E-state index in [1.807, 2.05) is 6.07 Å². The molecule has 0 saturated heterocycles. The predicted octanol–water partition coefficient (Wildman–Crippen LogP) is 5.75. The molecule has 2 heterocycles. The highest BCUT2D eigenvalue weighted by atomic mass is 32.1. The van der Waals surface area contributed by atoms with Gasteiger partial charge in [0.05, 0.1) is 22.7 Å². The lowest BCUT2D eigenvalue weighted by Gasteiger charge is -2.20. The summed E-state index contributed by atoms with van der Waals surface area (Å²) in [5.74, 6) is -1.02. The van der Waals surface area contributed by atoms with Crippen LogP contribution in [0.25, 0.3) is 15.8 Å². The first-order chi connectivity index (χ1) is 16.9. The first kappa shape index (κ1) is 22.7. The van der Waals surface area contributed by atoms with Crippen LogP contribution in [0.1, 0.15) is 35.7 Å². The van der Waals surface area contributed by atoms with E-state index >= 15 is 0 Å². The Balaban J connectivity index is 1.59. The van der Waals surface area contributed by atoms with Crippen LogP contribution in [0.3, 0.4) is 0 Å². The van der Waals surface area contributed by atoms with E-state index in [-0.39, 0.29) is 33.7 Å². The molecule has 1 N–H and O–H groups in total. The largest absolute Gasteiger partial charge is 0.413 e.